The fraction of sp³-hybridized carbons (Fsp3) is 0.680. The van der Waals surface area contributed by atoms with Gasteiger partial charge in [-0.25, -0.2) is 0 Å². The van der Waals surface area contributed by atoms with Crippen LogP contribution < -0.4 is 0 Å². The highest BCUT2D eigenvalue weighted by Gasteiger charge is 2.35. The fourth-order valence-corrected chi connectivity index (χ4v) is 5.67. The molecule has 3 aliphatic rings. The van der Waals surface area contributed by atoms with Gasteiger partial charge in [-0.1, -0.05) is 24.6 Å². The van der Waals surface area contributed by atoms with Gasteiger partial charge in [-0.15, -0.1) is 0 Å². The van der Waals surface area contributed by atoms with Gasteiger partial charge in [0.15, 0.2) is 0 Å². The highest BCUT2D eigenvalue weighted by molar-refractivity contribution is 5.98. The van der Waals surface area contributed by atoms with Gasteiger partial charge >= 0.3 is 0 Å². The number of nitrogens with zero attached hydrogens (tertiary/aromatic N) is 3. The van der Waals surface area contributed by atoms with Crippen LogP contribution in [0.15, 0.2) is 24.3 Å². The Morgan fingerprint density at radius 1 is 1.16 bits per heavy atom. The van der Waals surface area contributed by atoms with Crippen LogP contribution in [0.3, 0.4) is 0 Å². The number of fused-ring (bicyclic) bond motifs is 2. The molecule has 2 fully saturated rings. The van der Waals surface area contributed by atoms with Crippen LogP contribution in [0.5, 0.6) is 0 Å². The number of piperidine rings is 2. The second-order valence-electron chi connectivity index (χ2n) is 9.32. The lowest BCUT2D eigenvalue weighted by molar-refractivity contribution is -0.133. The van der Waals surface area contributed by atoms with Gasteiger partial charge in [0.2, 0.25) is 5.91 Å². The number of carbonyl (C=O) groups is 2. The second kappa shape index (κ2) is 10.6. The lowest BCUT2D eigenvalue weighted by Gasteiger charge is -2.45. The molecule has 170 valence electrons. The molecule has 6 nitrogen and oxygen atoms in total. The maximum atomic E-state index is 13.2. The van der Waals surface area contributed by atoms with E-state index in [-0.39, 0.29) is 11.8 Å². The zero-order valence-electron chi connectivity index (χ0n) is 18.9. The number of amides is 2. The van der Waals surface area contributed by atoms with Crippen molar-refractivity contribution in [1.29, 1.82) is 0 Å². The smallest absolute Gasteiger partial charge is 0.254 e. The summed E-state index contributed by atoms with van der Waals surface area (Å²) in [5, 5.41) is 0. The second-order valence-corrected chi connectivity index (χ2v) is 9.32. The first-order chi connectivity index (χ1) is 15.2. The van der Waals surface area contributed by atoms with Crippen LogP contribution in [-0.2, 0) is 16.1 Å². The van der Waals surface area contributed by atoms with Crippen molar-refractivity contribution in [3.63, 3.8) is 0 Å². The van der Waals surface area contributed by atoms with Crippen LogP contribution in [0.2, 0.25) is 0 Å². The standard InChI is InChI=1S/C25H37N3O3/c1-31-17-7-15-27(19-21-9-6-14-26-13-5-4-11-23(21)26)24(29)12-16-28-18-20-8-2-3-10-22(20)25(28)30/h2-3,8,10,21,23H,4-7,9,11-19H2,1H3/t21-,23-/m1/s1. The predicted octanol–water partition coefficient (Wildman–Crippen LogP) is 3.16. The third-order valence-electron chi connectivity index (χ3n) is 7.30. The number of benzene rings is 1. The van der Waals surface area contributed by atoms with Gasteiger partial charge in [0, 0.05) is 57.9 Å². The van der Waals surface area contributed by atoms with Gasteiger partial charge in [0.05, 0.1) is 0 Å². The van der Waals surface area contributed by atoms with Gasteiger partial charge in [-0.2, -0.15) is 0 Å². The molecule has 1 aromatic carbocycles. The first kappa shape index (κ1) is 22.3. The number of carbonyl (C=O) groups excluding carboxylic acids is 2. The molecule has 0 radical (unpaired) electrons. The summed E-state index contributed by atoms with van der Waals surface area (Å²) in [7, 11) is 1.71. The topological polar surface area (TPSA) is 53.1 Å². The van der Waals surface area contributed by atoms with Crippen molar-refractivity contribution in [3.8, 4) is 0 Å². The molecule has 3 heterocycles. The highest BCUT2D eigenvalue weighted by Crippen LogP contribution is 2.31. The van der Waals surface area contributed by atoms with Gasteiger partial charge in [-0.3, -0.25) is 9.59 Å². The quantitative estimate of drug-likeness (QED) is 0.568. The van der Waals surface area contributed by atoms with E-state index in [1.54, 1.807) is 7.11 Å². The molecule has 0 saturated carbocycles. The molecule has 6 heteroatoms. The van der Waals surface area contributed by atoms with Crippen molar-refractivity contribution in [1.82, 2.24) is 14.7 Å². The van der Waals surface area contributed by atoms with E-state index >= 15 is 0 Å². The summed E-state index contributed by atoms with van der Waals surface area (Å²) in [6.07, 6.45) is 7.60. The van der Waals surface area contributed by atoms with E-state index in [0.29, 0.717) is 38.1 Å². The third-order valence-corrected chi connectivity index (χ3v) is 7.30. The first-order valence-electron chi connectivity index (χ1n) is 12.1. The Kier molecular flexibility index (Phi) is 7.62. The number of hydrogen-bond acceptors (Lipinski definition) is 4. The van der Waals surface area contributed by atoms with Crippen molar-refractivity contribution in [2.45, 2.75) is 57.5 Å². The molecule has 1 aromatic rings. The molecule has 3 aliphatic heterocycles. The maximum Gasteiger partial charge on any atom is 0.254 e. The average Bonchev–Trinajstić information content (AvgIpc) is 3.13. The molecule has 0 spiro atoms. The molecule has 0 bridgehead atoms. The SMILES string of the molecule is COCCCN(C[C@H]1CCCN2CCCC[C@H]12)C(=O)CCN1Cc2ccccc2C1=O. The maximum absolute atomic E-state index is 13.2. The van der Waals surface area contributed by atoms with E-state index in [4.69, 9.17) is 4.74 Å². The number of hydrogen-bond donors (Lipinski definition) is 0. The lowest BCUT2D eigenvalue weighted by Crippen LogP contribution is -2.52. The Morgan fingerprint density at radius 2 is 2.00 bits per heavy atom. The predicted molar refractivity (Wildman–Crippen MR) is 121 cm³/mol. The van der Waals surface area contributed by atoms with Gasteiger partial charge in [0.1, 0.15) is 0 Å². The Hall–Kier alpha value is -1.92. The molecule has 0 unspecified atom stereocenters. The summed E-state index contributed by atoms with van der Waals surface area (Å²) in [6.45, 7) is 5.80. The zero-order chi connectivity index (χ0) is 21.6. The first-order valence-corrected chi connectivity index (χ1v) is 12.1. The minimum atomic E-state index is 0.0551. The van der Waals surface area contributed by atoms with Gasteiger partial charge < -0.3 is 19.4 Å². The number of ether oxygens (including phenoxy) is 1. The Labute approximate surface area is 186 Å². The molecule has 31 heavy (non-hydrogen) atoms. The van der Waals surface area contributed by atoms with E-state index in [9.17, 15) is 9.59 Å². The zero-order valence-corrected chi connectivity index (χ0v) is 18.9. The van der Waals surface area contributed by atoms with Crippen LogP contribution in [-0.4, -0.2) is 79.0 Å². The highest BCUT2D eigenvalue weighted by atomic mass is 16.5. The van der Waals surface area contributed by atoms with E-state index in [1.807, 2.05) is 29.2 Å². The van der Waals surface area contributed by atoms with Gasteiger partial charge in [-0.05, 0) is 62.7 Å². The van der Waals surface area contributed by atoms with Crippen molar-refractivity contribution in [3.05, 3.63) is 35.4 Å². The van der Waals surface area contributed by atoms with E-state index in [0.717, 1.165) is 30.6 Å². The summed E-state index contributed by atoms with van der Waals surface area (Å²) < 4.78 is 5.24. The fourth-order valence-electron chi connectivity index (χ4n) is 5.67. The summed E-state index contributed by atoms with van der Waals surface area (Å²) in [5.41, 5.74) is 1.85. The van der Waals surface area contributed by atoms with E-state index in [1.165, 1.54) is 45.2 Å². The lowest BCUT2D eigenvalue weighted by atomic mass is 9.83. The molecule has 0 N–H and O–H groups in total. The van der Waals surface area contributed by atoms with Crippen molar-refractivity contribution in [2.24, 2.45) is 5.92 Å². The normalized spacial score (nSPS) is 23.5. The van der Waals surface area contributed by atoms with Crippen molar-refractivity contribution >= 4 is 11.8 Å². The van der Waals surface area contributed by atoms with Crippen LogP contribution >= 0.6 is 0 Å². The van der Waals surface area contributed by atoms with Crippen LogP contribution in [0, 0.1) is 5.92 Å². The van der Waals surface area contributed by atoms with Crippen LogP contribution in [0.4, 0.5) is 0 Å². The number of methoxy groups -OCH3 is 1. The number of rotatable bonds is 9. The summed E-state index contributed by atoms with van der Waals surface area (Å²) >= 11 is 0. The summed E-state index contributed by atoms with van der Waals surface area (Å²) in [5.74, 6) is 0.797. The minimum absolute atomic E-state index is 0.0551. The largest absolute Gasteiger partial charge is 0.385 e. The van der Waals surface area contributed by atoms with Crippen molar-refractivity contribution < 1.29 is 14.3 Å². The molecule has 0 aromatic heterocycles. The minimum Gasteiger partial charge on any atom is -0.385 e. The average molecular weight is 428 g/mol. The molecular formula is C25H37N3O3. The molecule has 4 rings (SSSR count). The third kappa shape index (κ3) is 5.29. The molecule has 2 amide bonds. The van der Waals surface area contributed by atoms with E-state index in [2.05, 4.69) is 9.80 Å². The van der Waals surface area contributed by atoms with E-state index < -0.39 is 0 Å². The van der Waals surface area contributed by atoms with Crippen LogP contribution in [0.1, 0.15) is 60.9 Å². The van der Waals surface area contributed by atoms with Crippen molar-refractivity contribution in [2.75, 3.05) is 46.4 Å². The van der Waals surface area contributed by atoms with Crippen LogP contribution in [0.25, 0.3) is 0 Å². The molecule has 0 aliphatic carbocycles. The summed E-state index contributed by atoms with van der Waals surface area (Å²) in [4.78, 5) is 32.4. The molecule has 2 atom stereocenters. The Balaban J connectivity index is 1.35. The summed E-state index contributed by atoms with van der Waals surface area (Å²) in [6, 6.07) is 8.40. The molecular weight excluding hydrogens is 390 g/mol. The molecule has 2 saturated heterocycles. The Bertz CT molecular complexity index is 766. The Morgan fingerprint density at radius 3 is 2.84 bits per heavy atom. The monoisotopic (exact) mass is 427 g/mol. The van der Waals surface area contributed by atoms with Gasteiger partial charge in [0.25, 0.3) is 5.91 Å².